The molecule has 2 amide bonds. The molecule has 9 nitrogen and oxygen atoms in total. The van der Waals surface area contributed by atoms with Gasteiger partial charge in [-0.1, -0.05) is 35.9 Å². The van der Waals surface area contributed by atoms with E-state index in [0.717, 1.165) is 5.39 Å². The minimum Gasteiger partial charge on any atom is -0.508 e. The molecule has 1 aliphatic heterocycles. The number of rotatable bonds is 6. The number of carbonyl (C=O) groups excluding carboxylic acids is 2. The molecule has 202 valence electrons. The maximum absolute atomic E-state index is 16.4. The van der Waals surface area contributed by atoms with Gasteiger partial charge >= 0.3 is 6.01 Å². The minimum atomic E-state index is -0.685. The lowest BCUT2D eigenvalue weighted by molar-refractivity contribution is -0.129. The first-order valence-corrected chi connectivity index (χ1v) is 12.9. The summed E-state index contributed by atoms with van der Waals surface area (Å²) in [6, 6.07) is 11.9. The average Bonchev–Trinajstić information content (AvgIpc) is 2.93. The van der Waals surface area contributed by atoms with Gasteiger partial charge in [0.25, 0.3) is 0 Å². The Labute approximate surface area is 229 Å². The Bertz CT molecular complexity index is 1590. The molecule has 3 aromatic carbocycles. The number of carbonyl (C=O) groups is 2. The Hall–Kier alpha value is -4.18. The van der Waals surface area contributed by atoms with Crippen molar-refractivity contribution in [3.05, 3.63) is 53.3 Å². The van der Waals surface area contributed by atoms with Crippen LogP contribution in [0.15, 0.2) is 42.5 Å². The van der Waals surface area contributed by atoms with Crippen LogP contribution in [0.3, 0.4) is 0 Å². The molecule has 0 saturated carbocycles. The number of piperazine rings is 1. The van der Waals surface area contributed by atoms with Crippen molar-refractivity contribution in [2.24, 2.45) is 0 Å². The predicted molar refractivity (Wildman–Crippen MR) is 148 cm³/mol. The Kier molecular flexibility index (Phi) is 7.38. The molecular formula is C28H27ClFN5O4. The highest BCUT2D eigenvalue weighted by Gasteiger charge is 2.26. The van der Waals surface area contributed by atoms with Crippen LogP contribution in [0.25, 0.3) is 32.8 Å². The van der Waals surface area contributed by atoms with Crippen LogP contribution in [-0.4, -0.2) is 71.6 Å². The Morgan fingerprint density at radius 3 is 2.56 bits per heavy atom. The second-order valence-electron chi connectivity index (χ2n) is 9.25. The van der Waals surface area contributed by atoms with Gasteiger partial charge in [-0.15, -0.1) is 0 Å². The summed E-state index contributed by atoms with van der Waals surface area (Å²) in [5.41, 5.74) is 0.515. The molecule has 5 rings (SSSR count). The summed E-state index contributed by atoms with van der Waals surface area (Å²) in [7, 11) is 1.53. The van der Waals surface area contributed by atoms with Crippen LogP contribution in [-0.2, 0) is 9.59 Å². The number of hydrogen-bond acceptors (Lipinski definition) is 7. The molecular weight excluding hydrogens is 525 g/mol. The van der Waals surface area contributed by atoms with Crippen molar-refractivity contribution in [1.82, 2.24) is 20.2 Å². The molecule has 39 heavy (non-hydrogen) atoms. The number of phenols is 1. The topological polar surface area (TPSA) is 108 Å². The Morgan fingerprint density at radius 2 is 1.85 bits per heavy atom. The van der Waals surface area contributed by atoms with E-state index in [9.17, 15) is 14.7 Å². The van der Waals surface area contributed by atoms with E-state index >= 15 is 4.39 Å². The molecule has 11 heteroatoms. The monoisotopic (exact) mass is 551 g/mol. The molecule has 2 N–H and O–H groups in total. The summed E-state index contributed by atoms with van der Waals surface area (Å²) in [6.07, 6.45) is 0.0775. The molecule has 0 atom stereocenters. The van der Waals surface area contributed by atoms with Gasteiger partial charge in [0, 0.05) is 51.1 Å². The first-order chi connectivity index (χ1) is 18.8. The van der Waals surface area contributed by atoms with Crippen LogP contribution >= 0.6 is 11.6 Å². The highest BCUT2D eigenvalue weighted by molar-refractivity contribution is 6.35. The van der Waals surface area contributed by atoms with E-state index in [1.165, 1.54) is 20.0 Å². The van der Waals surface area contributed by atoms with E-state index in [1.54, 1.807) is 17.0 Å². The van der Waals surface area contributed by atoms with Gasteiger partial charge in [0.15, 0.2) is 5.82 Å². The molecule has 1 fully saturated rings. The van der Waals surface area contributed by atoms with Crippen LogP contribution in [0.4, 0.5) is 10.2 Å². The SMILES string of the molecule is CNC(=O)CCOc1nc(N2CCN(C(C)=O)CC2)c2cc(Cl)c(-c3cc(O)cc4ccccc34)c(F)c2n1. The number of hydrogen-bond donors (Lipinski definition) is 2. The lowest BCUT2D eigenvalue weighted by atomic mass is 9.96. The van der Waals surface area contributed by atoms with Crippen molar-refractivity contribution in [2.45, 2.75) is 13.3 Å². The van der Waals surface area contributed by atoms with Gasteiger partial charge in [-0.05, 0) is 34.5 Å². The van der Waals surface area contributed by atoms with Crippen LogP contribution in [0.1, 0.15) is 13.3 Å². The first kappa shape index (κ1) is 26.4. The van der Waals surface area contributed by atoms with E-state index < -0.39 is 5.82 Å². The molecule has 0 aliphatic carbocycles. The number of anilines is 1. The third kappa shape index (κ3) is 5.24. The van der Waals surface area contributed by atoms with Gasteiger partial charge in [0.05, 0.1) is 11.4 Å². The number of ether oxygens (including phenoxy) is 1. The minimum absolute atomic E-state index is 0.00198. The smallest absolute Gasteiger partial charge is 0.319 e. The fraction of sp³-hybridized carbons (Fsp3) is 0.286. The number of halogens is 2. The fourth-order valence-corrected chi connectivity index (χ4v) is 5.10. The van der Waals surface area contributed by atoms with Gasteiger partial charge in [-0.25, -0.2) is 4.39 Å². The van der Waals surface area contributed by atoms with Crippen molar-refractivity contribution >= 4 is 50.9 Å². The number of nitrogens with one attached hydrogen (secondary N) is 1. The molecule has 0 spiro atoms. The number of aromatic nitrogens is 2. The molecule has 1 saturated heterocycles. The summed E-state index contributed by atoms with van der Waals surface area (Å²) in [5.74, 6) is -0.518. The third-order valence-electron chi connectivity index (χ3n) is 6.82. The van der Waals surface area contributed by atoms with E-state index in [0.29, 0.717) is 48.3 Å². The fourth-order valence-electron chi connectivity index (χ4n) is 4.81. The van der Waals surface area contributed by atoms with Crippen LogP contribution in [0.2, 0.25) is 5.02 Å². The average molecular weight is 552 g/mol. The lowest BCUT2D eigenvalue weighted by Gasteiger charge is -2.35. The number of amides is 2. The third-order valence-corrected chi connectivity index (χ3v) is 7.12. The molecule has 1 aliphatic rings. The second kappa shape index (κ2) is 10.9. The van der Waals surface area contributed by atoms with Crippen LogP contribution in [0.5, 0.6) is 11.8 Å². The number of aromatic hydroxyl groups is 1. The Morgan fingerprint density at radius 1 is 1.10 bits per heavy atom. The van der Waals surface area contributed by atoms with Crippen molar-refractivity contribution in [3.8, 4) is 22.9 Å². The van der Waals surface area contributed by atoms with E-state index in [-0.39, 0.29) is 52.7 Å². The quantitative estimate of drug-likeness (QED) is 0.371. The molecule has 0 unspecified atom stereocenters. The predicted octanol–water partition coefficient (Wildman–Crippen LogP) is 4.13. The van der Waals surface area contributed by atoms with Crippen molar-refractivity contribution in [2.75, 3.05) is 44.7 Å². The zero-order valence-corrected chi connectivity index (χ0v) is 22.3. The maximum Gasteiger partial charge on any atom is 0.319 e. The summed E-state index contributed by atoms with van der Waals surface area (Å²) < 4.78 is 22.1. The van der Waals surface area contributed by atoms with E-state index in [1.807, 2.05) is 29.2 Å². The largest absolute Gasteiger partial charge is 0.508 e. The highest BCUT2D eigenvalue weighted by atomic mass is 35.5. The molecule has 2 heterocycles. The second-order valence-corrected chi connectivity index (χ2v) is 9.66. The number of fused-ring (bicyclic) bond motifs is 2. The number of nitrogens with zero attached hydrogens (tertiary/aromatic N) is 4. The highest BCUT2D eigenvalue weighted by Crippen LogP contribution is 2.42. The maximum atomic E-state index is 16.4. The van der Waals surface area contributed by atoms with Crippen molar-refractivity contribution in [3.63, 3.8) is 0 Å². The lowest BCUT2D eigenvalue weighted by Crippen LogP contribution is -2.48. The standard InChI is InChI=1S/C28H27ClFN5O4/c1-16(36)34-8-10-35(11-9-34)27-21-15-22(29)24(20-14-18(37)13-17-5-3-4-6-19(17)20)25(30)26(21)32-28(33-27)39-12-7-23(38)31-2/h3-6,13-15,37H,7-12H2,1-2H3,(H,31,38). The van der Waals surface area contributed by atoms with Gasteiger partial charge in [-0.3, -0.25) is 9.59 Å². The van der Waals surface area contributed by atoms with Crippen LogP contribution < -0.4 is 15.0 Å². The number of phenolic OH excluding ortho intramolecular Hbond substituents is 1. The van der Waals surface area contributed by atoms with Gasteiger partial charge in [-0.2, -0.15) is 9.97 Å². The summed E-state index contributed by atoms with van der Waals surface area (Å²) in [4.78, 5) is 36.1. The van der Waals surface area contributed by atoms with Gasteiger partial charge in [0.1, 0.15) is 23.7 Å². The Balaban J connectivity index is 1.66. The first-order valence-electron chi connectivity index (χ1n) is 12.5. The zero-order valence-electron chi connectivity index (χ0n) is 21.5. The molecule has 0 radical (unpaired) electrons. The van der Waals surface area contributed by atoms with Crippen LogP contribution in [0, 0.1) is 5.82 Å². The summed E-state index contributed by atoms with van der Waals surface area (Å²) in [5, 5.41) is 14.9. The molecule has 1 aromatic heterocycles. The van der Waals surface area contributed by atoms with Crippen molar-refractivity contribution < 1.29 is 23.8 Å². The number of benzene rings is 3. The van der Waals surface area contributed by atoms with Gasteiger partial charge in [0.2, 0.25) is 11.8 Å². The van der Waals surface area contributed by atoms with Crippen molar-refractivity contribution in [1.29, 1.82) is 0 Å². The normalized spacial score (nSPS) is 13.6. The van der Waals surface area contributed by atoms with E-state index in [4.69, 9.17) is 16.3 Å². The van der Waals surface area contributed by atoms with Gasteiger partial charge < -0.3 is 25.0 Å². The summed E-state index contributed by atoms with van der Waals surface area (Å²) >= 11 is 6.72. The zero-order chi connectivity index (χ0) is 27.7. The molecule has 4 aromatic rings. The molecule has 0 bridgehead atoms. The van der Waals surface area contributed by atoms with E-state index in [2.05, 4.69) is 15.3 Å². The summed E-state index contributed by atoms with van der Waals surface area (Å²) in [6.45, 7) is 3.44.